The maximum Gasteiger partial charge on any atom is 0.410 e. The number of rotatable bonds is 5. The number of methoxy groups -OCH3 is 1. The molecule has 170 valence electrons. The first-order valence-corrected chi connectivity index (χ1v) is 10.9. The lowest BCUT2D eigenvalue weighted by Crippen LogP contribution is -2.37. The molecule has 0 aliphatic carbocycles. The summed E-state index contributed by atoms with van der Waals surface area (Å²) >= 11 is 0. The second-order valence-electron chi connectivity index (χ2n) is 8.17. The number of ether oxygens (including phenoxy) is 2. The summed E-state index contributed by atoms with van der Waals surface area (Å²) in [7, 11) is 1.36. The molecular weight excluding hydrogens is 421 g/mol. The highest BCUT2D eigenvalue weighted by Gasteiger charge is 2.27. The Morgan fingerprint density at radius 3 is 2.52 bits per heavy atom. The number of hydrogen-bond acceptors (Lipinski definition) is 4. The Morgan fingerprint density at radius 1 is 0.970 bits per heavy atom. The monoisotopic (exact) mass is 447 g/mol. The molecule has 4 rings (SSSR count). The smallest absolute Gasteiger partial charge is 0.410 e. The lowest BCUT2D eigenvalue weighted by atomic mass is 9.88. The van der Waals surface area contributed by atoms with Crippen LogP contribution in [0, 0.1) is 12.7 Å². The van der Waals surface area contributed by atoms with Crippen LogP contribution in [0.15, 0.2) is 60.7 Å². The molecule has 3 aromatic rings. The number of halogens is 1. The summed E-state index contributed by atoms with van der Waals surface area (Å²) in [5, 5.41) is 0. The van der Waals surface area contributed by atoms with Crippen LogP contribution in [0.1, 0.15) is 27.8 Å². The van der Waals surface area contributed by atoms with Gasteiger partial charge in [-0.15, -0.1) is 0 Å². The summed E-state index contributed by atoms with van der Waals surface area (Å²) in [5.41, 5.74) is 5.89. The van der Waals surface area contributed by atoms with E-state index >= 15 is 0 Å². The fraction of sp³-hybridized carbons (Fsp3) is 0.259. The van der Waals surface area contributed by atoms with E-state index < -0.39 is 6.09 Å². The Bertz CT molecular complexity index is 1180. The third-order valence-corrected chi connectivity index (χ3v) is 5.99. The van der Waals surface area contributed by atoms with E-state index in [9.17, 15) is 14.0 Å². The van der Waals surface area contributed by atoms with Crippen molar-refractivity contribution in [1.82, 2.24) is 4.90 Å². The highest BCUT2D eigenvalue weighted by Crippen LogP contribution is 2.34. The highest BCUT2D eigenvalue weighted by atomic mass is 19.1. The quantitative estimate of drug-likeness (QED) is 0.504. The number of carbonyl (C=O) groups is 2. The van der Waals surface area contributed by atoms with Crippen LogP contribution in [0.5, 0.6) is 0 Å². The van der Waals surface area contributed by atoms with E-state index in [4.69, 9.17) is 9.47 Å². The molecule has 0 atom stereocenters. The van der Waals surface area contributed by atoms with Gasteiger partial charge in [-0.05, 0) is 58.4 Å². The van der Waals surface area contributed by atoms with Crippen LogP contribution in [0.25, 0.3) is 11.1 Å². The summed E-state index contributed by atoms with van der Waals surface area (Å²) < 4.78 is 25.0. The minimum Gasteiger partial charge on any atom is -0.469 e. The predicted octanol–water partition coefficient (Wildman–Crippen LogP) is 5.21. The molecule has 6 heteroatoms. The van der Waals surface area contributed by atoms with E-state index in [0.717, 1.165) is 33.4 Å². The van der Waals surface area contributed by atoms with Crippen molar-refractivity contribution >= 4 is 12.1 Å². The molecule has 3 aromatic carbocycles. The molecule has 33 heavy (non-hydrogen) atoms. The van der Waals surface area contributed by atoms with Crippen molar-refractivity contribution in [2.75, 3.05) is 13.7 Å². The summed E-state index contributed by atoms with van der Waals surface area (Å²) in [5.74, 6) is -0.590. The third-order valence-electron chi connectivity index (χ3n) is 5.99. The van der Waals surface area contributed by atoms with Crippen molar-refractivity contribution in [3.63, 3.8) is 0 Å². The van der Waals surface area contributed by atoms with E-state index in [-0.39, 0.29) is 31.4 Å². The Kier molecular flexibility index (Phi) is 6.73. The topological polar surface area (TPSA) is 55.8 Å². The normalized spacial score (nSPS) is 12.8. The van der Waals surface area contributed by atoms with Gasteiger partial charge in [-0.2, -0.15) is 0 Å². The molecule has 1 heterocycles. The summed E-state index contributed by atoms with van der Waals surface area (Å²) in [4.78, 5) is 26.1. The van der Waals surface area contributed by atoms with Crippen molar-refractivity contribution in [3.8, 4) is 11.1 Å². The lowest BCUT2D eigenvalue weighted by Gasteiger charge is -2.30. The zero-order valence-corrected chi connectivity index (χ0v) is 18.8. The van der Waals surface area contributed by atoms with Crippen molar-refractivity contribution in [2.24, 2.45) is 0 Å². The third kappa shape index (κ3) is 5.06. The van der Waals surface area contributed by atoms with Crippen LogP contribution in [0.4, 0.5) is 9.18 Å². The second kappa shape index (κ2) is 9.86. The van der Waals surface area contributed by atoms with Gasteiger partial charge in [0.2, 0.25) is 0 Å². The van der Waals surface area contributed by atoms with Crippen molar-refractivity contribution in [1.29, 1.82) is 0 Å². The largest absolute Gasteiger partial charge is 0.469 e. The number of carbonyl (C=O) groups excluding carboxylic acids is 2. The number of esters is 1. The van der Waals surface area contributed by atoms with E-state index in [1.165, 1.54) is 13.2 Å². The lowest BCUT2D eigenvalue weighted by molar-refractivity contribution is -0.139. The van der Waals surface area contributed by atoms with Crippen molar-refractivity contribution in [2.45, 2.75) is 32.9 Å². The van der Waals surface area contributed by atoms with Gasteiger partial charge in [-0.1, -0.05) is 54.6 Å². The fourth-order valence-corrected chi connectivity index (χ4v) is 4.16. The van der Waals surface area contributed by atoms with Gasteiger partial charge in [0.1, 0.15) is 12.4 Å². The fourth-order valence-electron chi connectivity index (χ4n) is 4.16. The average Bonchev–Trinajstić information content (AvgIpc) is 2.84. The van der Waals surface area contributed by atoms with Crippen LogP contribution >= 0.6 is 0 Å². The molecule has 0 bridgehead atoms. The predicted molar refractivity (Wildman–Crippen MR) is 123 cm³/mol. The average molecular weight is 448 g/mol. The Balaban J connectivity index is 1.60. The molecule has 0 N–H and O–H groups in total. The number of nitrogens with zero attached hydrogens (tertiary/aromatic N) is 1. The molecular formula is C27H26FNO4. The summed E-state index contributed by atoms with van der Waals surface area (Å²) in [6.45, 7) is 2.81. The van der Waals surface area contributed by atoms with Gasteiger partial charge in [0.25, 0.3) is 0 Å². The number of hydrogen-bond donors (Lipinski definition) is 0. The zero-order valence-electron chi connectivity index (χ0n) is 18.8. The maximum atomic E-state index is 14.7. The molecule has 1 amide bonds. The standard InChI is InChI=1S/C27H26FNO4/c1-18-8-9-20(15-26(30)32-2)14-23(18)21-10-11-25(28)22-12-13-29(16-24(21)22)27(31)33-17-19-6-4-3-5-7-19/h3-11,14H,12-13,15-17H2,1-2H3. The van der Waals surface area contributed by atoms with Gasteiger partial charge < -0.3 is 14.4 Å². The van der Waals surface area contributed by atoms with Gasteiger partial charge in [0, 0.05) is 13.1 Å². The summed E-state index contributed by atoms with van der Waals surface area (Å²) in [6, 6.07) is 18.5. The number of aryl methyl sites for hydroxylation is 1. The van der Waals surface area contributed by atoms with E-state index in [1.807, 2.05) is 55.5 Å². The van der Waals surface area contributed by atoms with Crippen LogP contribution in [-0.2, 0) is 40.3 Å². The Morgan fingerprint density at radius 2 is 1.76 bits per heavy atom. The van der Waals surface area contributed by atoms with Gasteiger partial charge in [-0.3, -0.25) is 4.79 Å². The number of amides is 1. The number of benzene rings is 3. The van der Waals surface area contributed by atoms with E-state index in [2.05, 4.69) is 0 Å². The van der Waals surface area contributed by atoms with E-state index in [1.54, 1.807) is 11.0 Å². The molecule has 0 unspecified atom stereocenters. The molecule has 0 saturated carbocycles. The molecule has 0 fully saturated rings. The SMILES string of the molecule is COC(=O)Cc1ccc(C)c(-c2ccc(F)c3c2CN(C(=O)OCc2ccccc2)CC3)c1. The minimum absolute atomic E-state index is 0.158. The second-order valence-corrected chi connectivity index (χ2v) is 8.17. The Labute approximate surface area is 192 Å². The molecule has 0 aromatic heterocycles. The first kappa shape index (κ1) is 22.5. The van der Waals surface area contributed by atoms with Crippen LogP contribution in [-0.4, -0.2) is 30.6 Å². The molecule has 1 aliphatic rings. The molecule has 0 saturated heterocycles. The van der Waals surface area contributed by atoms with Gasteiger partial charge in [-0.25, -0.2) is 9.18 Å². The Hall–Kier alpha value is -3.67. The molecule has 5 nitrogen and oxygen atoms in total. The van der Waals surface area contributed by atoms with Crippen LogP contribution < -0.4 is 0 Å². The van der Waals surface area contributed by atoms with Gasteiger partial charge >= 0.3 is 12.1 Å². The highest BCUT2D eigenvalue weighted by molar-refractivity contribution is 5.77. The first-order chi connectivity index (χ1) is 16.0. The van der Waals surface area contributed by atoms with Crippen LogP contribution in [0.2, 0.25) is 0 Å². The summed E-state index contributed by atoms with van der Waals surface area (Å²) in [6.07, 6.45) is 0.150. The van der Waals surface area contributed by atoms with Crippen molar-refractivity contribution < 1.29 is 23.5 Å². The van der Waals surface area contributed by atoms with Crippen molar-refractivity contribution in [3.05, 3.63) is 94.3 Å². The van der Waals surface area contributed by atoms with E-state index in [0.29, 0.717) is 18.5 Å². The zero-order chi connectivity index (χ0) is 23.4. The van der Waals surface area contributed by atoms with Crippen LogP contribution in [0.3, 0.4) is 0 Å². The molecule has 0 spiro atoms. The maximum absolute atomic E-state index is 14.7. The first-order valence-electron chi connectivity index (χ1n) is 10.9. The van der Waals surface area contributed by atoms with Gasteiger partial charge in [0.05, 0.1) is 13.5 Å². The molecule has 0 radical (unpaired) electrons. The minimum atomic E-state index is -0.420. The van der Waals surface area contributed by atoms with Gasteiger partial charge in [0.15, 0.2) is 0 Å². The molecule has 1 aliphatic heterocycles. The number of fused-ring (bicyclic) bond motifs is 1.